The van der Waals surface area contributed by atoms with Crippen LogP contribution in [0.3, 0.4) is 0 Å². The lowest BCUT2D eigenvalue weighted by Gasteiger charge is -2.09. The number of carbonyl (C=O) groups is 1. The molecule has 2 heteroatoms. The molecule has 0 spiro atoms. The molecule has 0 aliphatic rings. The van der Waals surface area contributed by atoms with E-state index in [2.05, 4.69) is 0 Å². The van der Waals surface area contributed by atoms with E-state index < -0.39 is 0 Å². The SMILES string of the molecule is CC(=O)c1cc(-c2ccccc2)cc(C)c1O. The summed E-state index contributed by atoms with van der Waals surface area (Å²) in [6.07, 6.45) is 0. The molecule has 0 aliphatic heterocycles. The molecule has 0 saturated carbocycles. The third-order valence-corrected chi connectivity index (χ3v) is 2.79. The number of aromatic hydroxyl groups is 1. The van der Waals surface area contributed by atoms with Crippen molar-refractivity contribution in [2.75, 3.05) is 0 Å². The molecule has 2 rings (SSSR count). The van der Waals surface area contributed by atoms with Gasteiger partial charge in [-0.3, -0.25) is 4.79 Å². The molecule has 86 valence electrons. The first kappa shape index (κ1) is 11.4. The highest BCUT2D eigenvalue weighted by molar-refractivity contribution is 5.98. The van der Waals surface area contributed by atoms with Crippen LogP contribution in [0.5, 0.6) is 5.75 Å². The second kappa shape index (κ2) is 4.42. The summed E-state index contributed by atoms with van der Waals surface area (Å²) in [5.74, 6) is -0.0411. The van der Waals surface area contributed by atoms with Crippen molar-refractivity contribution < 1.29 is 9.90 Å². The molecule has 1 N–H and O–H groups in total. The van der Waals surface area contributed by atoms with Crippen LogP contribution in [0.1, 0.15) is 22.8 Å². The predicted octanol–water partition coefficient (Wildman–Crippen LogP) is 3.57. The molecular formula is C15H14O2. The lowest BCUT2D eigenvalue weighted by Crippen LogP contribution is -1.95. The highest BCUT2D eigenvalue weighted by Gasteiger charge is 2.11. The van der Waals surface area contributed by atoms with Crippen molar-refractivity contribution in [1.29, 1.82) is 0 Å². The quantitative estimate of drug-likeness (QED) is 0.795. The van der Waals surface area contributed by atoms with E-state index in [0.717, 1.165) is 16.7 Å². The number of phenolic OH excluding ortho intramolecular Hbond substituents is 1. The van der Waals surface area contributed by atoms with Crippen molar-refractivity contribution in [3.05, 3.63) is 53.6 Å². The second-order valence-electron chi connectivity index (χ2n) is 4.11. The summed E-state index contributed by atoms with van der Waals surface area (Å²) in [5.41, 5.74) is 3.09. The minimum absolute atomic E-state index is 0.0807. The maximum absolute atomic E-state index is 11.4. The zero-order chi connectivity index (χ0) is 12.4. The Morgan fingerprint density at radius 1 is 1.06 bits per heavy atom. The maximum Gasteiger partial charge on any atom is 0.163 e. The van der Waals surface area contributed by atoms with E-state index in [-0.39, 0.29) is 11.5 Å². The Labute approximate surface area is 101 Å². The first-order chi connectivity index (χ1) is 8.09. The van der Waals surface area contributed by atoms with E-state index in [4.69, 9.17) is 0 Å². The number of Topliss-reactive ketones (excluding diaryl/α,β-unsaturated/α-hetero) is 1. The molecule has 0 atom stereocenters. The van der Waals surface area contributed by atoms with Crippen LogP contribution in [0.15, 0.2) is 42.5 Å². The van der Waals surface area contributed by atoms with Crippen LogP contribution in [0.2, 0.25) is 0 Å². The molecule has 0 saturated heterocycles. The topological polar surface area (TPSA) is 37.3 Å². The average Bonchev–Trinajstić information content (AvgIpc) is 2.33. The normalized spacial score (nSPS) is 10.2. The minimum atomic E-state index is -0.122. The Bertz CT molecular complexity index is 557. The van der Waals surface area contributed by atoms with Gasteiger partial charge in [0.25, 0.3) is 0 Å². The number of hydrogen-bond donors (Lipinski definition) is 1. The fraction of sp³-hybridized carbons (Fsp3) is 0.133. The molecule has 0 bridgehead atoms. The molecule has 0 aromatic heterocycles. The number of hydrogen-bond acceptors (Lipinski definition) is 2. The van der Waals surface area contributed by atoms with Gasteiger partial charge in [0, 0.05) is 0 Å². The highest BCUT2D eigenvalue weighted by atomic mass is 16.3. The van der Waals surface area contributed by atoms with Gasteiger partial charge in [-0.1, -0.05) is 30.3 Å². The molecule has 0 unspecified atom stereocenters. The highest BCUT2D eigenvalue weighted by Crippen LogP contribution is 2.29. The van der Waals surface area contributed by atoms with Gasteiger partial charge in [0.05, 0.1) is 5.56 Å². The van der Waals surface area contributed by atoms with Crippen LogP contribution in [-0.4, -0.2) is 10.9 Å². The van der Waals surface area contributed by atoms with E-state index in [1.165, 1.54) is 6.92 Å². The van der Waals surface area contributed by atoms with Crippen LogP contribution >= 0.6 is 0 Å². The Morgan fingerprint density at radius 3 is 2.29 bits per heavy atom. The third-order valence-electron chi connectivity index (χ3n) is 2.79. The molecule has 2 nitrogen and oxygen atoms in total. The first-order valence-electron chi connectivity index (χ1n) is 5.49. The Hall–Kier alpha value is -2.09. The monoisotopic (exact) mass is 226 g/mol. The van der Waals surface area contributed by atoms with Crippen molar-refractivity contribution in [2.24, 2.45) is 0 Å². The maximum atomic E-state index is 11.4. The van der Waals surface area contributed by atoms with Crippen molar-refractivity contribution in [1.82, 2.24) is 0 Å². The van der Waals surface area contributed by atoms with Crippen LogP contribution in [0.4, 0.5) is 0 Å². The molecule has 2 aromatic rings. The van der Waals surface area contributed by atoms with Gasteiger partial charge in [0.15, 0.2) is 5.78 Å². The summed E-state index contributed by atoms with van der Waals surface area (Å²) in [5, 5.41) is 9.82. The summed E-state index contributed by atoms with van der Waals surface area (Å²) in [6, 6.07) is 13.4. The van der Waals surface area contributed by atoms with Gasteiger partial charge in [0.1, 0.15) is 5.75 Å². The van der Waals surface area contributed by atoms with Crippen LogP contribution in [0.25, 0.3) is 11.1 Å². The smallest absolute Gasteiger partial charge is 0.163 e. The molecule has 0 radical (unpaired) electrons. The van der Waals surface area contributed by atoms with Gasteiger partial charge in [-0.05, 0) is 42.7 Å². The van der Waals surface area contributed by atoms with Crippen molar-refractivity contribution in [3.8, 4) is 16.9 Å². The molecule has 0 amide bonds. The number of phenols is 1. The third kappa shape index (κ3) is 2.21. The van der Waals surface area contributed by atoms with Gasteiger partial charge in [-0.15, -0.1) is 0 Å². The fourth-order valence-electron chi connectivity index (χ4n) is 1.85. The van der Waals surface area contributed by atoms with Crippen LogP contribution in [-0.2, 0) is 0 Å². The van der Waals surface area contributed by atoms with Gasteiger partial charge in [-0.25, -0.2) is 0 Å². The molecule has 0 heterocycles. The zero-order valence-corrected chi connectivity index (χ0v) is 9.90. The number of ketones is 1. The summed E-state index contributed by atoms with van der Waals surface area (Å²) in [4.78, 5) is 11.4. The van der Waals surface area contributed by atoms with Gasteiger partial charge in [0.2, 0.25) is 0 Å². The number of benzene rings is 2. The van der Waals surface area contributed by atoms with Gasteiger partial charge in [-0.2, -0.15) is 0 Å². The lowest BCUT2D eigenvalue weighted by atomic mass is 9.98. The van der Waals surface area contributed by atoms with E-state index >= 15 is 0 Å². The molecular weight excluding hydrogens is 212 g/mol. The van der Waals surface area contributed by atoms with E-state index in [9.17, 15) is 9.90 Å². The lowest BCUT2D eigenvalue weighted by molar-refractivity contribution is 0.101. The number of carbonyl (C=O) groups excluding carboxylic acids is 1. The zero-order valence-electron chi connectivity index (χ0n) is 9.90. The van der Waals surface area contributed by atoms with E-state index in [1.807, 2.05) is 36.4 Å². The largest absolute Gasteiger partial charge is 0.507 e. The summed E-state index contributed by atoms with van der Waals surface area (Å²) < 4.78 is 0. The van der Waals surface area contributed by atoms with Crippen LogP contribution < -0.4 is 0 Å². The van der Waals surface area contributed by atoms with Crippen LogP contribution in [0, 0.1) is 6.92 Å². The van der Waals surface area contributed by atoms with E-state index in [0.29, 0.717) is 5.56 Å². The number of rotatable bonds is 2. The Balaban J connectivity index is 2.61. The van der Waals surface area contributed by atoms with E-state index in [1.54, 1.807) is 13.0 Å². The summed E-state index contributed by atoms with van der Waals surface area (Å²) in [6.45, 7) is 3.26. The predicted molar refractivity (Wildman–Crippen MR) is 68.3 cm³/mol. The molecule has 0 fully saturated rings. The standard InChI is InChI=1S/C15H14O2/c1-10-8-13(12-6-4-3-5-7-12)9-14(11(2)16)15(10)17/h3-9,17H,1-2H3. The van der Waals surface area contributed by atoms with Crippen molar-refractivity contribution in [3.63, 3.8) is 0 Å². The Morgan fingerprint density at radius 2 is 1.71 bits per heavy atom. The first-order valence-corrected chi connectivity index (χ1v) is 5.49. The van der Waals surface area contributed by atoms with Gasteiger partial charge >= 0.3 is 0 Å². The molecule has 17 heavy (non-hydrogen) atoms. The van der Waals surface area contributed by atoms with Crippen molar-refractivity contribution in [2.45, 2.75) is 13.8 Å². The Kier molecular flexibility index (Phi) is 2.96. The number of aryl methyl sites for hydroxylation is 1. The minimum Gasteiger partial charge on any atom is -0.507 e. The van der Waals surface area contributed by atoms with Crippen molar-refractivity contribution >= 4 is 5.78 Å². The average molecular weight is 226 g/mol. The molecule has 0 aliphatic carbocycles. The molecule has 2 aromatic carbocycles. The van der Waals surface area contributed by atoms with Gasteiger partial charge < -0.3 is 5.11 Å². The second-order valence-corrected chi connectivity index (χ2v) is 4.11. The summed E-state index contributed by atoms with van der Waals surface area (Å²) >= 11 is 0. The fourth-order valence-corrected chi connectivity index (χ4v) is 1.85. The summed E-state index contributed by atoms with van der Waals surface area (Å²) in [7, 11) is 0.